The molecule has 6 nitrogen and oxygen atoms in total. The summed E-state index contributed by atoms with van der Waals surface area (Å²) in [6.07, 6.45) is -0.791. The van der Waals surface area contributed by atoms with E-state index in [1.165, 1.54) is 24.3 Å². The van der Waals surface area contributed by atoms with E-state index in [1.807, 2.05) is 27.7 Å². The Balaban J connectivity index is 1.59. The fourth-order valence-corrected chi connectivity index (χ4v) is 4.69. The van der Waals surface area contributed by atoms with Crippen molar-refractivity contribution in [2.24, 2.45) is 0 Å². The molecule has 0 bridgehead atoms. The third-order valence-electron chi connectivity index (χ3n) is 6.29. The summed E-state index contributed by atoms with van der Waals surface area (Å²) in [6.45, 7) is 7.78. The van der Waals surface area contributed by atoms with Crippen molar-refractivity contribution in [2.45, 2.75) is 89.5 Å². The molecule has 1 saturated heterocycles. The largest absolute Gasteiger partial charge is 0.371 e. The first-order valence-electron chi connectivity index (χ1n) is 12.0. The van der Waals surface area contributed by atoms with Crippen LogP contribution < -0.4 is 5.32 Å². The highest BCUT2D eigenvalue weighted by atomic mass is 19.1. The predicted molar refractivity (Wildman–Crippen MR) is 125 cm³/mol. The van der Waals surface area contributed by atoms with E-state index in [9.17, 15) is 13.6 Å². The molecular weight excluding hydrogens is 456 g/mol. The van der Waals surface area contributed by atoms with Crippen LogP contribution >= 0.6 is 0 Å². The number of benzene rings is 2. The second kappa shape index (κ2) is 10.3. The van der Waals surface area contributed by atoms with Gasteiger partial charge in [0.1, 0.15) is 17.7 Å². The van der Waals surface area contributed by atoms with Crippen LogP contribution in [0.1, 0.15) is 51.7 Å². The first-order valence-corrected chi connectivity index (χ1v) is 12.0. The Morgan fingerprint density at radius 1 is 0.971 bits per heavy atom. The van der Waals surface area contributed by atoms with Gasteiger partial charge in [0, 0.05) is 18.9 Å². The standard InChI is InChI=1S/C27H33F2NO5/c1-17(2)30-25(31)27(33-16-19-7-11-21(29)12-8-19)13-22(24-23(14-27)34-26(3,4)35-24)32-15-18-5-9-20(28)10-6-18/h5-12,17,22-24H,13-16H2,1-4H3,(H,30,31)/t22-,23-,24+,27-/m1/s1. The number of hydrogen-bond donors (Lipinski definition) is 1. The lowest BCUT2D eigenvalue weighted by molar-refractivity contribution is -0.183. The van der Waals surface area contributed by atoms with Gasteiger partial charge in [-0.1, -0.05) is 24.3 Å². The maximum Gasteiger partial charge on any atom is 0.252 e. The zero-order valence-electron chi connectivity index (χ0n) is 20.6. The van der Waals surface area contributed by atoms with Gasteiger partial charge in [0.15, 0.2) is 11.4 Å². The number of ether oxygens (including phenoxy) is 4. The number of carbonyl (C=O) groups excluding carboxylic acids is 1. The van der Waals surface area contributed by atoms with Crippen molar-refractivity contribution in [3.63, 3.8) is 0 Å². The van der Waals surface area contributed by atoms with Gasteiger partial charge in [-0.05, 0) is 63.1 Å². The van der Waals surface area contributed by atoms with Gasteiger partial charge >= 0.3 is 0 Å². The van der Waals surface area contributed by atoms with Gasteiger partial charge in [-0.25, -0.2) is 8.78 Å². The molecule has 2 aromatic rings. The number of rotatable bonds is 8. The van der Waals surface area contributed by atoms with Crippen molar-refractivity contribution >= 4 is 5.91 Å². The molecule has 2 aromatic carbocycles. The molecule has 1 aliphatic heterocycles. The molecule has 0 radical (unpaired) electrons. The van der Waals surface area contributed by atoms with E-state index in [4.69, 9.17) is 18.9 Å². The van der Waals surface area contributed by atoms with E-state index in [2.05, 4.69) is 5.32 Å². The summed E-state index contributed by atoms with van der Waals surface area (Å²) in [5, 5.41) is 2.98. The minimum absolute atomic E-state index is 0.0951. The van der Waals surface area contributed by atoms with Gasteiger partial charge in [0.2, 0.25) is 0 Å². The molecule has 35 heavy (non-hydrogen) atoms. The molecule has 4 rings (SSSR count). The SMILES string of the molecule is CC(C)NC(=O)[C@@]1(OCc2ccc(F)cc2)C[C@@H](OCc2ccc(F)cc2)[C@@H]2OC(C)(C)O[C@@H]2C1. The summed E-state index contributed by atoms with van der Waals surface area (Å²) in [4.78, 5) is 13.5. The molecule has 1 N–H and O–H groups in total. The Kier molecular flexibility index (Phi) is 7.57. The van der Waals surface area contributed by atoms with Crippen LogP contribution in [0.15, 0.2) is 48.5 Å². The first-order chi connectivity index (χ1) is 16.6. The Bertz CT molecular complexity index is 1010. The summed E-state index contributed by atoms with van der Waals surface area (Å²) in [5.41, 5.74) is 0.311. The summed E-state index contributed by atoms with van der Waals surface area (Å²) in [5.74, 6) is -1.75. The highest BCUT2D eigenvalue weighted by Crippen LogP contribution is 2.44. The van der Waals surface area contributed by atoms with Crippen LogP contribution in [0.4, 0.5) is 8.78 Å². The van der Waals surface area contributed by atoms with Crippen LogP contribution in [0.2, 0.25) is 0 Å². The Labute approximate surface area is 204 Å². The van der Waals surface area contributed by atoms with Crippen LogP contribution in [-0.4, -0.2) is 41.6 Å². The van der Waals surface area contributed by atoms with Crippen LogP contribution in [-0.2, 0) is 37.0 Å². The van der Waals surface area contributed by atoms with E-state index in [1.54, 1.807) is 24.3 Å². The topological polar surface area (TPSA) is 66.0 Å². The molecule has 2 fully saturated rings. The molecule has 8 heteroatoms. The average molecular weight is 490 g/mol. The summed E-state index contributed by atoms with van der Waals surface area (Å²) in [7, 11) is 0. The predicted octanol–water partition coefficient (Wildman–Crippen LogP) is 4.64. The molecular formula is C27H33F2NO5. The minimum atomic E-state index is -1.24. The second-order valence-corrected chi connectivity index (χ2v) is 10.1. The van der Waals surface area contributed by atoms with Crippen molar-refractivity contribution in [2.75, 3.05) is 0 Å². The maximum absolute atomic E-state index is 13.5. The summed E-state index contributed by atoms with van der Waals surface area (Å²) >= 11 is 0. The van der Waals surface area contributed by atoms with Crippen LogP contribution in [0.3, 0.4) is 0 Å². The van der Waals surface area contributed by atoms with E-state index in [0.717, 1.165) is 11.1 Å². The van der Waals surface area contributed by atoms with E-state index >= 15 is 0 Å². The third kappa shape index (κ3) is 6.25. The fraction of sp³-hybridized carbons (Fsp3) is 0.519. The van der Waals surface area contributed by atoms with Gasteiger partial charge in [-0.2, -0.15) is 0 Å². The average Bonchev–Trinajstić information content (AvgIpc) is 3.11. The molecule has 2 aliphatic rings. The van der Waals surface area contributed by atoms with E-state index < -0.39 is 23.6 Å². The zero-order chi connectivity index (χ0) is 25.2. The van der Waals surface area contributed by atoms with Crippen LogP contribution in [0, 0.1) is 11.6 Å². The summed E-state index contributed by atoms with van der Waals surface area (Å²) < 4.78 is 51.6. The molecule has 1 saturated carbocycles. The van der Waals surface area contributed by atoms with E-state index in [-0.39, 0.29) is 55.7 Å². The molecule has 1 aliphatic carbocycles. The van der Waals surface area contributed by atoms with Crippen molar-refractivity contribution in [3.8, 4) is 0 Å². The third-order valence-corrected chi connectivity index (χ3v) is 6.29. The van der Waals surface area contributed by atoms with Crippen LogP contribution in [0.5, 0.6) is 0 Å². The molecule has 1 amide bonds. The van der Waals surface area contributed by atoms with Crippen LogP contribution in [0.25, 0.3) is 0 Å². The molecule has 4 atom stereocenters. The molecule has 190 valence electrons. The molecule has 1 heterocycles. The monoisotopic (exact) mass is 489 g/mol. The van der Waals surface area contributed by atoms with E-state index in [0.29, 0.717) is 0 Å². The number of nitrogens with one attached hydrogen (secondary N) is 1. The van der Waals surface area contributed by atoms with Gasteiger partial charge < -0.3 is 24.3 Å². The van der Waals surface area contributed by atoms with Crippen molar-refractivity contribution in [3.05, 3.63) is 71.3 Å². The van der Waals surface area contributed by atoms with Crippen molar-refractivity contribution in [1.82, 2.24) is 5.32 Å². The number of fused-ring (bicyclic) bond motifs is 1. The van der Waals surface area contributed by atoms with Gasteiger partial charge in [0.25, 0.3) is 5.91 Å². The smallest absolute Gasteiger partial charge is 0.252 e. The first kappa shape index (κ1) is 25.7. The zero-order valence-corrected chi connectivity index (χ0v) is 20.6. The number of hydrogen-bond acceptors (Lipinski definition) is 5. The second-order valence-electron chi connectivity index (χ2n) is 10.1. The number of amides is 1. The lowest BCUT2D eigenvalue weighted by Crippen LogP contribution is -2.60. The van der Waals surface area contributed by atoms with Crippen molar-refractivity contribution < 1.29 is 32.5 Å². The highest BCUT2D eigenvalue weighted by molar-refractivity contribution is 5.85. The van der Waals surface area contributed by atoms with Gasteiger partial charge in [-0.15, -0.1) is 0 Å². The Hall–Kier alpha value is -2.39. The minimum Gasteiger partial charge on any atom is -0.371 e. The number of carbonyl (C=O) groups is 1. The fourth-order valence-electron chi connectivity index (χ4n) is 4.69. The lowest BCUT2D eigenvalue weighted by Gasteiger charge is -2.43. The quantitative estimate of drug-likeness (QED) is 0.585. The van der Waals surface area contributed by atoms with Gasteiger partial charge in [0.05, 0.1) is 25.4 Å². The Morgan fingerprint density at radius 2 is 1.54 bits per heavy atom. The summed E-state index contributed by atoms with van der Waals surface area (Å²) in [6, 6.07) is 12.0. The normalized spacial score (nSPS) is 27.6. The van der Waals surface area contributed by atoms with Gasteiger partial charge in [-0.3, -0.25) is 4.79 Å². The maximum atomic E-state index is 13.5. The van der Waals surface area contributed by atoms with Crippen molar-refractivity contribution in [1.29, 1.82) is 0 Å². The molecule has 0 spiro atoms. The highest BCUT2D eigenvalue weighted by Gasteiger charge is 2.58. The Morgan fingerprint density at radius 3 is 2.11 bits per heavy atom. The molecule has 0 aromatic heterocycles. The number of halogens is 2. The molecule has 0 unspecified atom stereocenters. The lowest BCUT2D eigenvalue weighted by atomic mass is 9.78.